The van der Waals surface area contributed by atoms with Crippen LogP contribution in [0.5, 0.6) is 0 Å². The Balaban J connectivity index is 0.705. The summed E-state index contributed by atoms with van der Waals surface area (Å²) in [5, 5.41) is 2.43. The van der Waals surface area contributed by atoms with Crippen LogP contribution in [0.15, 0.2) is 305 Å². The van der Waals surface area contributed by atoms with E-state index in [1.165, 1.54) is 97.6 Å². The molecule has 2 heterocycles. The zero-order valence-corrected chi connectivity index (χ0v) is 42.4. The fourth-order valence-corrected chi connectivity index (χ4v) is 12.8. The molecule has 2 aliphatic rings. The fourth-order valence-electron chi connectivity index (χ4n) is 10.7. The van der Waals surface area contributed by atoms with Crippen LogP contribution in [0.1, 0.15) is 0 Å². The van der Waals surface area contributed by atoms with Gasteiger partial charge in [0, 0.05) is 48.0 Å². The molecule has 2 aliphatic heterocycles. The third kappa shape index (κ3) is 8.42. The van der Waals surface area contributed by atoms with Crippen LogP contribution >= 0.6 is 23.5 Å². The molecule has 0 aromatic heterocycles. The second kappa shape index (κ2) is 19.1. The number of fused-ring (bicyclic) bond motifs is 5. The highest BCUT2D eigenvalue weighted by Crippen LogP contribution is 2.53. The summed E-state index contributed by atoms with van der Waals surface area (Å²) in [7, 11) is 0. The third-order valence-electron chi connectivity index (χ3n) is 14.5. The minimum atomic E-state index is 1.10. The molecule has 0 atom stereocenters. The Morgan fingerprint density at radius 3 is 0.840 bits per heavy atom. The number of nitrogens with zero attached hydrogens (tertiary/aromatic N) is 3. The summed E-state index contributed by atoms with van der Waals surface area (Å²) in [6.07, 6.45) is 0. The van der Waals surface area contributed by atoms with E-state index in [-0.39, 0.29) is 0 Å². The van der Waals surface area contributed by atoms with E-state index in [2.05, 4.69) is 300 Å². The Labute approximate surface area is 446 Å². The monoisotopic (exact) mass is 993 g/mol. The maximum atomic E-state index is 2.38. The first-order valence-corrected chi connectivity index (χ1v) is 27.0. The molecule has 0 spiro atoms. The highest BCUT2D eigenvalue weighted by molar-refractivity contribution is 8.00. The summed E-state index contributed by atoms with van der Waals surface area (Å²) in [5.74, 6) is 0. The van der Waals surface area contributed by atoms with Gasteiger partial charge in [-0.3, -0.25) is 0 Å². The molecule has 0 radical (unpaired) electrons. The molecule has 0 amide bonds. The summed E-state index contributed by atoms with van der Waals surface area (Å²) in [4.78, 5) is 12.2. The molecule has 0 bridgehead atoms. The SMILES string of the molecule is c1ccc2c(c1)Sc1ccccc1N2c1ccc(-c2ccc(-c3ccc(N(c4ccc(-c5ccc(-c6ccc(N7c8ccccc8Sc8ccccc87)cc6)cc5)cc4)c4ccc5ccccc5c4)cc3)cc2)cc1. The first-order valence-electron chi connectivity index (χ1n) is 25.4. The highest BCUT2D eigenvalue weighted by atomic mass is 32.2. The summed E-state index contributed by atoms with van der Waals surface area (Å²) >= 11 is 3.67. The van der Waals surface area contributed by atoms with Crippen molar-refractivity contribution in [2.45, 2.75) is 19.6 Å². The van der Waals surface area contributed by atoms with Gasteiger partial charge in [0.05, 0.1) is 22.7 Å². The second-order valence-electron chi connectivity index (χ2n) is 19.0. The predicted octanol–water partition coefficient (Wildman–Crippen LogP) is 20.8. The number of rotatable bonds is 9. The predicted molar refractivity (Wildman–Crippen MR) is 318 cm³/mol. The fraction of sp³-hybridized carbons (Fsp3) is 0. The molecule has 0 saturated carbocycles. The van der Waals surface area contributed by atoms with Gasteiger partial charge in [-0.15, -0.1) is 0 Å². The van der Waals surface area contributed by atoms with E-state index >= 15 is 0 Å². The molecule has 0 N–H and O–H groups in total. The van der Waals surface area contributed by atoms with Crippen LogP contribution in [0.2, 0.25) is 0 Å². The first kappa shape index (κ1) is 44.7. The molecular formula is C70H47N3S2. The average molecular weight is 994 g/mol. The van der Waals surface area contributed by atoms with Gasteiger partial charge in [0.15, 0.2) is 0 Å². The van der Waals surface area contributed by atoms with Crippen LogP contribution in [-0.4, -0.2) is 0 Å². The molecule has 12 aromatic carbocycles. The minimum absolute atomic E-state index is 1.10. The number of hydrogen-bond acceptors (Lipinski definition) is 5. The van der Waals surface area contributed by atoms with E-state index in [4.69, 9.17) is 0 Å². The van der Waals surface area contributed by atoms with Gasteiger partial charge in [0.2, 0.25) is 0 Å². The van der Waals surface area contributed by atoms with E-state index in [0.29, 0.717) is 0 Å². The zero-order valence-electron chi connectivity index (χ0n) is 40.8. The molecule has 0 aliphatic carbocycles. The number of hydrogen-bond donors (Lipinski definition) is 0. The van der Waals surface area contributed by atoms with Crippen molar-refractivity contribution in [1.29, 1.82) is 0 Å². The van der Waals surface area contributed by atoms with Crippen molar-refractivity contribution >= 4 is 85.5 Å². The average Bonchev–Trinajstić information content (AvgIpc) is 3.49. The summed E-state index contributed by atoms with van der Waals surface area (Å²) < 4.78 is 0. The van der Waals surface area contributed by atoms with E-state index in [0.717, 1.165) is 28.4 Å². The van der Waals surface area contributed by atoms with Crippen molar-refractivity contribution in [2.24, 2.45) is 0 Å². The maximum absolute atomic E-state index is 2.38. The van der Waals surface area contributed by atoms with Gasteiger partial charge in [-0.1, -0.05) is 199 Å². The molecule has 14 rings (SSSR count). The van der Waals surface area contributed by atoms with Gasteiger partial charge >= 0.3 is 0 Å². The van der Waals surface area contributed by atoms with Crippen molar-refractivity contribution < 1.29 is 0 Å². The second-order valence-corrected chi connectivity index (χ2v) is 21.1. The Bertz CT molecular complexity index is 3720. The first-order chi connectivity index (χ1) is 37.1. The smallest absolute Gasteiger partial charge is 0.0601 e. The van der Waals surface area contributed by atoms with Gasteiger partial charge in [0.1, 0.15) is 0 Å². The van der Waals surface area contributed by atoms with E-state index in [1.807, 2.05) is 23.5 Å². The molecular weight excluding hydrogens is 947 g/mol. The van der Waals surface area contributed by atoms with Crippen LogP contribution in [-0.2, 0) is 0 Å². The van der Waals surface area contributed by atoms with Gasteiger partial charge < -0.3 is 14.7 Å². The van der Waals surface area contributed by atoms with E-state index in [1.54, 1.807) is 0 Å². The molecule has 0 saturated heterocycles. The Morgan fingerprint density at radius 2 is 0.493 bits per heavy atom. The van der Waals surface area contributed by atoms with Crippen LogP contribution in [0.3, 0.4) is 0 Å². The van der Waals surface area contributed by atoms with Crippen molar-refractivity contribution in [1.82, 2.24) is 0 Å². The quantitative estimate of drug-likeness (QED) is 0.142. The topological polar surface area (TPSA) is 9.72 Å². The van der Waals surface area contributed by atoms with Crippen LogP contribution in [0.25, 0.3) is 55.3 Å². The molecule has 12 aromatic rings. The maximum Gasteiger partial charge on any atom is 0.0601 e. The van der Waals surface area contributed by atoms with Gasteiger partial charge in [-0.05, 0) is 164 Å². The standard InChI is InChI=1S/C70H47N3S2/c1-2-12-57-47-62(46-37-48(57)11-1)71(58-38-29-53(30-39-58)49-21-25-51(26-22-49)55-33-42-60(43-34-55)72-63-13-3-7-17-67(63)74-68-18-8-4-14-64(68)72)59-40-31-54(32-41-59)50-23-27-52(28-24-50)56-35-44-61(45-36-56)73-65-15-5-9-19-69(65)75-70-20-10-6-16-66(70)73/h1-47H. The lowest BCUT2D eigenvalue weighted by Gasteiger charge is -2.32. The Hall–Kier alpha value is -9.00. The van der Waals surface area contributed by atoms with Crippen molar-refractivity contribution in [3.8, 4) is 44.5 Å². The minimum Gasteiger partial charge on any atom is -0.310 e. The summed E-state index contributed by atoms with van der Waals surface area (Å²) in [5.41, 5.74) is 19.9. The van der Waals surface area contributed by atoms with Crippen molar-refractivity contribution in [3.63, 3.8) is 0 Å². The normalized spacial score (nSPS) is 12.4. The summed E-state index contributed by atoms with van der Waals surface area (Å²) in [6, 6.07) is 104. The van der Waals surface area contributed by atoms with Crippen LogP contribution < -0.4 is 14.7 Å². The molecule has 3 nitrogen and oxygen atoms in total. The molecule has 354 valence electrons. The van der Waals surface area contributed by atoms with Gasteiger partial charge in [0.25, 0.3) is 0 Å². The molecule has 5 heteroatoms. The van der Waals surface area contributed by atoms with Crippen molar-refractivity contribution in [2.75, 3.05) is 14.7 Å². The molecule has 0 unspecified atom stereocenters. The van der Waals surface area contributed by atoms with Gasteiger partial charge in [-0.2, -0.15) is 0 Å². The van der Waals surface area contributed by atoms with E-state index < -0.39 is 0 Å². The lowest BCUT2D eigenvalue weighted by molar-refractivity contribution is 1.17. The molecule has 0 fully saturated rings. The summed E-state index contributed by atoms with van der Waals surface area (Å²) in [6.45, 7) is 0. The van der Waals surface area contributed by atoms with Gasteiger partial charge in [-0.25, -0.2) is 0 Å². The third-order valence-corrected chi connectivity index (χ3v) is 16.7. The lowest BCUT2D eigenvalue weighted by Crippen LogP contribution is -2.14. The Morgan fingerprint density at radius 1 is 0.227 bits per heavy atom. The lowest BCUT2D eigenvalue weighted by atomic mass is 9.99. The molecule has 75 heavy (non-hydrogen) atoms. The van der Waals surface area contributed by atoms with Crippen LogP contribution in [0, 0.1) is 0 Å². The number of anilines is 9. The highest BCUT2D eigenvalue weighted by Gasteiger charge is 2.26. The zero-order chi connectivity index (χ0) is 49.7. The Kier molecular flexibility index (Phi) is 11.4. The largest absolute Gasteiger partial charge is 0.310 e. The number of para-hydroxylation sites is 4. The van der Waals surface area contributed by atoms with E-state index in [9.17, 15) is 0 Å². The van der Waals surface area contributed by atoms with Crippen molar-refractivity contribution in [3.05, 3.63) is 285 Å². The van der Waals surface area contributed by atoms with Crippen LogP contribution in [0.4, 0.5) is 51.2 Å². The number of benzene rings is 12.